The second-order valence-electron chi connectivity index (χ2n) is 5.17. The lowest BCUT2D eigenvalue weighted by molar-refractivity contribution is 0.303. The molecule has 16 heavy (non-hydrogen) atoms. The zero-order chi connectivity index (χ0) is 11.0. The molecular formula is C14H19NO. The Morgan fingerprint density at radius 2 is 1.81 bits per heavy atom. The highest BCUT2D eigenvalue weighted by atomic mass is 16.5. The van der Waals surface area contributed by atoms with E-state index in [1.807, 2.05) is 0 Å². The van der Waals surface area contributed by atoms with Crippen molar-refractivity contribution in [3.8, 4) is 5.75 Å². The quantitative estimate of drug-likeness (QED) is 0.822. The Balaban J connectivity index is 1.60. The Labute approximate surface area is 96.8 Å². The van der Waals surface area contributed by atoms with Gasteiger partial charge in [0, 0.05) is 6.04 Å². The van der Waals surface area contributed by atoms with E-state index in [4.69, 9.17) is 10.5 Å². The second kappa shape index (κ2) is 4.10. The monoisotopic (exact) mass is 217 g/mol. The first kappa shape index (κ1) is 10.2. The standard InChI is InChI=1S/C14H19NO/c15-14(9-10-1-2-10)11-3-5-12(6-4-11)16-13-7-8-13/h3-6,10,13-14H,1-2,7-9,15H2. The van der Waals surface area contributed by atoms with E-state index in [2.05, 4.69) is 24.3 Å². The third kappa shape index (κ3) is 2.56. The van der Waals surface area contributed by atoms with Crippen LogP contribution >= 0.6 is 0 Å². The normalized spacial score (nSPS) is 21.8. The predicted octanol–water partition coefficient (Wildman–Crippen LogP) is 3.03. The highest BCUT2D eigenvalue weighted by Gasteiger charge is 2.25. The highest BCUT2D eigenvalue weighted by Crippen LogP contribution is 2.37. The molecule has 2 aliphatic rings. The van der Waals surface area contributed by atoms with E-state index in [1.54, 1.807) is 0 Å². The van der Waals surface area contributed by atoms with Gasteiger partial charge in [0.25, 0.3) is 0 Å². The molecule has 0 aliphatic heterocycles. The van der Waals surface area contributed by atoms with Gasteiger partial charge in [0.2, 0.25) is 0 Å². The van der Waals surface area contributed by atoms with Crippen molar-refractivity contribution in [3.63, 3.8) is 0 Å². The van der Waals surface area contributed by atoms with Crippen LogP contribution in [0.3, 0.4) is 0 Å². The zero-order valence-corrected chi connectivity index (χ0v) is 9.56. The van der Waals surface area contributed by atoms with Crippen molar-refractivity contribution in [2.75, 3.05) is 0 Å². The van der Waals surface area contributed by atoms with Crippen LogP contribution in [-0.4, -0.2) is 6.10 Å². The molecule has 2 fully saturated rings. The third-order valence-electron chi connectivity index (χ3n) is 3.42. The summed E-state index contributed by atoms with van der Waals surface area (Å²) in [6.07, 6.45) is 6.79. The van der Waals surface area contributed by atoms with Gasteiger partial charge in [0.1, 0.15) is 5.75 Å². The minimum Gasteiger partial charge on any atom is -0.490 e. The van der Waals surface area contributed by atoms with Crippen LogP contribution < -0.4 is 10.5 Å². The van der Waals surface area contributed by atoms with Gasteiger partial charge in [-0.3, -0.25) is 0 Å². The molecule has 2 saturated carbocycles. The first-order valence-electron chi connectivity index (χ1n) is 6.33. The van der Waals surface area contributed by atoms with Crippen LogP contribution in [0.2, 0.25) is 0 Å². The van der Waals surface area contributed by atoms with Crippen LogP contribution in [0.1, 0.15) is 43.7 Å². The van der Waals surface area contributed by atoms with Crippen molar-refractivity contribution >= 4 is 0 Å². The molecule has 0 saturated heterocycles. The molecule has 0 spiro atoms. The Bertz CT molecular complexity index is 352. The Morgan fingerprint density at radius 1 is 1.12 bits per heavy atom. The molecule has 2 nitrogen and oxygen atoms in total. The summed E-state index contributed by atoms with van der Waals surface area (Å²) in [7, 11) is 0. The molecule has 1 unspecified atom stereocenters. The molecule has 2 N–H and O–H groups in total. The van der Waals surface area contributed by atoms with Gasteiger partial charge in [-0.05, 0) is 42.9 Å². The number of rotatable bonds is 5. The molecule has 0 heterocycles. The lowest BCUT2D eigenvalue weighted by atomic mass is 10.0. The van der Waals surface area contributed by atoms with Gasteiger partial charge in [-0.1, -0.05) is 25.0 Å². The summed E-state index contributed by atoms with van der Waals surface area (Å²) in [4.78, 5) is 0. The first-order valence-corrected chi connectivity index (χ1v) is 6.33. The fraction of sp³-hybridized carbons (Fsp3) is 0.571. The molecule has 1 aromatic carbocycles. The average molecular weight is 217 g/mol. The molecule has 2 aliphatic carbocycles. The van der Waals surface area contributed by atoms with Gasteiger partial charge in [-0.2, -0.15) is 0 Å². The second-order valence-corrected chi connectivity index (χ2v) is 5.17. The molecule has 0 bridgehead atoms. The van der Waals surface area contributed by atoms with E-state index in [1.165, 1.54) is 31.2 Å². The fourth-order valence-corrected chi connectivity index (χ4v) is 2.02. The summed E-state index contributed by atoms with van der Waals surface area (Å²) < 4.78 is 5.71. The third-order valence-corrected chi connectivity index (χ3v) is 3.42. The SMILES string of the molecule is NC(CC1CC1)c1ccc(OC2CC2)cc1. The van der Waals surface area contributed by atoms with Gasteiger partial charge in [-0.25, -0.2) is 0 Å². The molecule has 1 atom stereocenters. The van der Waals surface area contributed by atoms with Crippen LogP contribution in [0, 0.1) is 5.92 Å². The number of nitrogens with two attached hydrogens (primary N) is 1. The summed E-state index contributed by atoms with van der Waals surface area (Å²) in [5.41, 5.74) is 7.40. The van der Waals surface area contributed by atoms with Gasteiger partial charge in [0.05, 0.1) is 6.10 Å². The first-order chi connectivity index (χ1) is 7.81. The van der Waals surface area contributed by atoms with Crippen LogP contribution in [-0.2, 0) is 0 Å². The van der Waals surface area contributed by atoms with E-state index in [0.717, 1.165) is 18.1 Å². The lowest BCUT2D eigenvalue weighted by Gasteiger charge is -2.12. The molecule has 0 aromatic heterocycles. The molecule has 3 rings (SSSR count). The largest absolute Gasteiger partial charge is 0.490 e. The van der Waals surface area contributed by atoms with E-state index in [-0.39, 0.29) is 6.04 Å². The highest BCUT2D eigenvalue weighted by molar-refractivity contribution is 5.29. The maximum absolute atomic E-state index is 6.16. The summed E-state index contributed by atoms with van der Waals surface area (Å²) in [5.74, 6) is 1.88. The van der Waals surface area contributed by atoms with Crippen LogP contribution in [0.25, 0.3) is 0 Å². The van der Waals surface area contributed by atoms with Crippen molar-refractivity contribution in [1.82, 2.24) is 0 Å². The van der Waals surface area contributed by atoms with Crippen molar-refractivity contribution in [3.05, 3.63) is 29.8 Å². The summed E-state index contributed by atoms with van der Waals surface area (Å²) in [5, 5.41) is 0. The molecule has 0 radical (unpaired) electrons. The van der Waals surface area contributed by atoms with Crippen molar-refractivity contribution in [2.45, 2.75) is 44.2 Å². The number of hydrogen-bond acceptors (Lipinski definition) is 2. The Hall–Kier alpha value is -1.02. The molecular weight excluding hydrogens is 198 g/mol. The number of hydrogen-bond donors (Lipinski definition) is 1. The lowest BCUT2D eigenvalue weighted by Crippen LogP contribution is -2.10. The van der Waals surface area contributed by atoms with Gasteiger partial charge in [0.15, 0.2) is 0 Å². The summed E-state index contributed by atoms with van der Waals surface area (Å²) in [6.45, 7) is 0. The topological polar surface area (TPSA) is 35.2 Å². The molecule has 1 aromatic rings. The molecule has 2 heteroatoms. The van der Waals surface area contributed by atoms with Crippen molar-refractivity contribution < 1.29 is 4.74 Å². The maximum atomic E-state index is 6.16. The Kier molecular flexibility index (Phi) is 2.60. The van der Waals surface area contributed by atoms with Gasteiger partial charge < -0.3 is 10.5 Å². The smallest absolute Gasteiger partial charge is 0.119 e. The van der Waals surface area contributed by atoms with Crippen molar-refractivity contribution in [2.24, 2.45) is 11.7 Å². The number of ether oxygens (including phenoxy) is 1. The van der Waals surface area contributed by atoms with E-state index < -0.39 is 0 Å². The zero-order valence-electron chi connectivity index (χ0n) is 9.56. The van der Waals surface area contributed by atoms with Crippen molar-refractivity contribution in [1.29, 1.82) is 0 Å². The molecule has 86 valence electrons. The van der Waals surface area contributed by atoms with E-state index in [9.17, 15) is 0 Å². The minimum absolute atomic E-state index is 0.211. The Morgan fingerprint density at radius 3 is 2.38 bits per heavy atom. The summed E-state index contributed by atoms with van der Waals surface area (Å²) in [6, 6.07) is 8.55. The number of benzene rings is 1. The van der Waals surface area contributed by atoms with Gasteiger partial charge in [-0.15, -0.1) is 0 Å². The molecule has 0 amide bonds. The minimum atomic E-state index is 0.211. The predicted molar refractivity (Wildman–Crippen MR) is 64.4 cm³/mol. The van der Waals surface area contributed by atoms with Crippen LogP contribution in [0.15, 0.2) is 24.3 Å². The van der Waals surface area contributed by atoms with Crippen LogP contribution in [0.4, 0.5) is 0 Å². The maximum Gasteiger partial charge on any atom is 0.119 e. The fourth-order valence-electron chi connectivity index (χ4n) is 2.02. The van der Waals surface area contributed by atoms with Gasteiger partial charge >= 0.3 is 0 Å². The van der Waals surface area contributed by atoms with E-state index >= 15 is 0 Å². The van der Waals surface area contributed by atoms with E-state index in [0.29, 0.717) is 6.10 Å². The average Bonchev–Trinajstić information content (AvgIpc) is 3.14. The van der Waals surface area contributed by atoms with Crippen LogP contribution in [0.5, 0.6) is 5.75 Å². The summed E-state index contributed by atoms with van der Waals surface area (Å²) >= 11 is 0.